The number of fused-ring (bicyclic) bond motifs is 1. The fraction of sp³-hybridized carbons (Fsp3) is 0.0625. The Morgan fingerprint density at radius 1 is 1.04 bits per heavy atom. The van der Waals surface area contributed by atoms with Crippen LogP contribution in [-0.4, -0.2) is 29.7 Å². The molecule has 0 unspecified atom stereocenters. The number of hydrogen-bond donors (Lipinski definition) is 1. The van der Waals surface area contributed by atoms with Gasteiger partial charge in [0.1, 0.15) is 11.4 Å². The van der Waals surface area contributed by atoms with Gasteiger partial charge in [-0.2, -0.15) is 5.10 Å². The summed E-state index contributed by atoms with van der Waals surface area (Å²) in [6.45, 7) is 0. The molecule has 0 bridgehead atoms. The van der Waals surface area contributed by atoms with E-state index in [0.717, 1.165) is 5.56 Å². The fourth-order valence-corrected chi connectivity index (χ4v) is 2.41. The van der Waals surface area contributed by atoms with E-state index >= 15 is 0 Å². The molecule has 7 heteroatoms. The van der Waals surface area contributed by atoms with Crippen molar-refractivity contribution >= 4 is 11.2 Å². The number of H-pyrrole nitrogens is 1. The first-order chi connectivity index (χ1) is 11.2. The van der Waals surface area contributed by atoms with Gasteiger partial charge in [-0.3, -0.25) is 14.5 Å². The first-order valence-electron chi connectivity index (χ1n) is 7.02. The molecular formula is C16H12N6O. The zero-order chi connectivity index (χ0) is 15.8. The second-order valence-electron chi connectivity index (χ2n) is 5.07. The molecule has 0 saturated carbocycles. The van der Waals surface area contributed by atoms with E-state index in [1.807, 2.05) is 31.4 Å². The van der Waals surface area contributed by atoms with E-state index in [1.165, 1.54) is 6.07 Å². The van der Waals surface area contributed by atoms with Gasteiger partial charge in [-0.1, -0.05) is 0 Å². The fourth-order valence-electron chi connectivity index (χ4n) is 2.41. The number of nitrogens with zero attached hydrogens (tertiary/aromatic N) is 5. The molecule has 23 heavy (non-hydrogen) atoms. The van der Waals surface area contributed by atoms with E-state index < -0.39 is 0 Å². The molecule has 0 aliphatic carbocycles. The van der Waals surface area contributed by atoms with Gasteiger partial charge in [-0.25, -0.2) is 9.97 Å². The molecule has 0 aliphatic rings. The monoisotopic (exact) mass is 304 g/mol. The van der Waals surface area contributed by atoms with Crippen LogP contribution in [0, 0.1) is 0 Å². The molecule has 4 aromatic rings. The van der Waals surface area contributed by atoms with Gasteiger partial charge in [0.2, 0.25) is 5.43 Å². The summed E-state index contributed by atoms with van der Waals surface area (Å²) in [5.41, 5.74) is 3.32. The lowest BCUT2D eigenvalue weighted by molar-refractivity contribution is 0.770. The summed E-state index contributed by atoms with van der Waals surface area (Å²) < 4.78 is 1.70. The molecule has 4 heterocycles. The minimum Gasteiger partial charge on any atom is -0.345 e. The molecule has 112 valence electrons. The molecule has 0 fully saturated rings. The second kappa shape index (κ2) is 5.13. The summed E-state index contributed by atoms with van der Waals surface area (Å²) in [4.78, 5) is 28.2. The highest BCUT2D eigenvalue weighted by Crippen LogP contribution is 2.28. The van der Waals surface area contributed by atoms with Crippen LogP contribution in [-0.2, 0) is 7.05 Å². The van der Waals surface area contributed by atoms with Crippen LogP contribution in [0.5, 0.6) is 0 Å². The van der Waals surface area contributed by atoms with Crippen LogP contribution in [0.4, 0.5) is 0 Å². The SMILES string of the molecule is Cn1ccc(-c2nc3[nH]ccc(=O)c3nc2-c2ccncc2)n1. The maximum Gasteiger partial charge on any atom is 0.209 e. The number of aryl methyl sites for hydroxylation is 1. The van der Waals surface area contributed by atoms with Crippen LogP contribution < -0.4 is 5.43 Å². The first-order valence-corrected chi connectivity index (χ1v) is 7.02. The van der Waals surface area contributed by atoms with Crippen molar-refractivity contribution in [2.75, 3.05) is 0 Å². The first kappa shape index (κ1) is 13.3. The Morgan fingerprint density at radius 3 is 2.61 bits per heavy atom. The Labute approximate surface area is 130 Å². The molecule has 4 rings (SSSR count). The highest BCUT2D eigenvalue weighted by atomic mass is 16.1. The molecule has 0 spiro atoms. The maximum absolute atomic E-state index is 12.1. The molecule has 1 N–H and O–H groups in total. The Balaban J connectivity index is 2.08. The Hall–Kier alpha value is -3.35. The minimum absolute atomic E-state index is 0.172. The smallest absolute Gasteiger partial charge is 0.209 e. The maximum atomic E-state index is 12.1. The minimum atomic E-state index is -0.172. The van der Waals surface area contributed by atoms with Gasteiger partial charge in [-0.05, 0) is 18.2 Å². The summed E-state index contributed by atoms with van der Waals surface area (Å²) in [6, 6.07) is 6.97. The number of pyridine rings is 2. The molecule has 0 radical (unpaired) electrons. The van der Waals surface area contributed by atoms with Crippen molar-refractivity contribution in [3.8, 4) is 22.6 Å². The number of aromatic nitrogens is 6. The topological polar surface area (TPSA) is 89.4 Å². The molecule has 7 nitrogen and oxygen atoms in total. The summed E-state index contributed by atoms with van der Waals surface area (Å²) in [5.74, 6) is 0. The van der Waals surface area contributed by atoms with Crippen molar-refractivity contribution in [3.63, 3.8) is 0 Å². The Kier molecular flexibility index (Phi) is 2.97. The normalized spacial score (nSPS) is 11.0. The van der Waals surface area contributed by atoms with Gasteiger partial charge in [0.05, 0.1) is 5.69 Å². The van der Waals surface area contributed by atoms with Gasteiger partial charge in [-0.15, -0.1) is 0 Å². The van der Waals surface area contributed by atoms with Gasteiger partial charge in [0.25, 0.3) is 0 Å². The van der Waals surface area contributed by atoms with Crippen LogP contribution in [0.15, 0.2) is 53.8 Å². The van der Waals surface area contributed by atoms with Gasteiger partial charge < -0.3 is 4.98 Å². The molecule has 0 aliphatic heterocycles. The third kappa shape index (κ3) is 2.28. The summed E-state index contributed by atoms with van der Waals surface area (Å²) >= 11 is 0. The van der Waals surface area contributed by atoms with Gasteiger partial charge >= 0.3 is 0 Å². The zero-order valence-corrected chi connectivity index (χ0v) is 12.3. The van der Waals surface area contributed by atoms with Gasteiger partial charge in [0.15, 0.2) is 11.2 Å². The van der Waals surface area contributed by atoms with Crippen LogP contribution >= 0.6 is 0 Å². The Morgan fingerprint density at radius 2 is 1.87 bits per heavy atom. The lowest BCUT2D eigenvalue weighted by Gasteiger charge is -2.07. The highest BCUT2D eigenvalue weighted by molar-refractivity contribution is 5.83. The molecule has 0 saturated heterocycles. The Bertz CT molecular complexity index is 1050. The van der Waals surface area contributed by atoms with Crippen molar-refractivity contribution in [3.05, 3.63) is 59.3 Å². The largest absolute Gasteiger partial charge is 0.345 e. The molecular weight excluding hydrogens is 292 g/mol. The number of hydrogen-bond acceptors (Lipinski definition) is 5. The third-order valence-corrected chi connectivity index (χ3v) is 3.49. The van der Waals surface area contributed by atoms with E-state index in [-0.39, 0.29) is 5.43 Å². The molecule has 0 atom stereocenters. The molecule has 4 aromatic heterocycles. The predicted octanol–water partition coefficient (Wildman–Crippen LogP) is 1.78. The number of nitrogens with one attached hydrogen (secondary N) is 1. The quantitative estimate of drug-likeness (QED) is 0.609. The van der Waals surface area contributed by atoms with Crippen molar-refractivity contribution < 1.29 is 0 Å². The summed E-state index contributed by atoms with van der Waals surface area (Å²) in [5, 5.41) is 4.40. The van der Waals surface area contributed by atoms with Crippen LogP contribution in [0.1, 0.15) is 0 Å². The average Bonchev–Trinajstić information content (AvgIpc) is 3.01. The van der Waals surface area contributed by atoms with Crippen molar-refractivity contribution in [2.24, 2.45) is 7.05 Å². The van der Waals surface area contributed by atoms with Crippen molar-refractivity contribution in [1.29, 1.82) is 0 Å². The van der Waals surface area contributed by atoms with Crippen molar-refractivity contribution in [1.82, 2.24) is 29.7 Å². The summed E-state index contributed by atoms with van der Waals surface area (Å²) in [6.07, 6.45) is 6.76. The second-order valence-corrected chi connectivity index (χ2v) is 5.07. The third-order valence-electron chi connectivity index (χ3n) is 3.49. The number of rotatable bonds is 2. The lowest BCUT2D eigenvalue weighted by Crippen LogP contribution is -2.07. The van der Waals surface area contributed by atoms with E-state index in [2.05, 4.69) is 25.0 Å². The van der Waals surface area contributed by atoms with Crippen molar-refractivity contribution in [2.45, 2.75) is 0 Å². The van der Waals surface area contributed by atoms with E-state index in [0.29, 0.717) is 28.2 Å². The van der Waals surface area contributed by atoms with Crippen LogP contribution in [0.2, 0.25) is 0 Å². The molecule has 0 amide bonds. The van der Waals surface area contributed by atoms with Crippen LogP contribution in [0.25, 0.3) is 33.8 Å². The van der Waals surface area contributed by atoms with E-state index in [4.69, 9.17) is 0 Å². The average molecular weight is 304 g/mol. The predicted molar refractivity (Wildman–Crippen MR) is 85.6 cm³/mol. The lowest BCUT2D eigenvalue weighted by atomic mass is 10.1. The van der Waals surface area contributed by atoms with Gasteiger partial charge in [0, 0.05) is 43.5 Å². The van der Waals surface area contributed by atoms with E-state index in [1.54, 1.807) is 23.3 Å². The standard InChI is InChI=1S/C16H12N6O/c1-22-9-5-11(21-22)14-13(10-2-6-17-7-3-10)19-15-12(23)4-8-18-16(15)20-14/h2-9H,1H3,(H,18,20,23). The molecule has 0 aromatic carbocycles. The summed E-state index contributed by atoms with van der Waals surface area (Å²) in [7, 11) is 1.84. The number of aromatic amines is 1. The highest BCUT2D eigenvalue weighted by Gasteiger charge is 2.16. The van der Waals surface area contributed by atoms with E-state index in [9.17, 15) is 4.79 Å². The zero-order valence-electron chi connectivity index (χ0n) is 12.3. The van der Waals surface area contributed by atoms with Crippen LogP contribution in [0.3, 0.4) is 0 Å².